The van der Waals surface area contributed by atoms with Crippen molar-refractivity contribution in [1.29, 1.82) is 0 Å². The lowest BCUT2D eigenvalue weighted by Gasteiger charge is -2.38. The number of ether oxygens (including phenoxy) is 2. The van der Waals surface area contributed by atoms with E-state index in [2.05, 4.69) is 16.9 Å². The first-order chi connectivity index (χ1) is 17.4. The molecule has 0 spiro atoms. The number of aromatic nitrogens is 2. The molecule has 192 valence electrons. The molecule has 1 aliphatic heterocycles. The monoisotopic (exact) mass is 494 g/mol. The Morgan fingerprint density at radius 2 is 1.92 bits per heavy atom. The largest absolute Gasteiger partial charge is 0.497 e. The first kappa shape index (κ1) is 25.3. The SMILES string of the molecule is C=CC(=O)N(C)C1CCCCC1Nc1ncc2c(n1)N(CC)C(=O)N(c1cc(OC)cc(OC)c1)C2. The number of methoxy groups -OCH3 is 2. The van der Waals surface area contributed by atoms with Crippen LogP contribution >= 0.6 is 0 Å². The van der Waals surface area contributed by atoms with Gasteiger partial charge in [-0.25, -0.2) is 9.78 Å². The first-order valence-electron chi connectivity index (χ1n) is 12.2. The Labute approximate surface area is 211 Å². The molecule has 1 aromatic carbocycles. The number of urea groups is 1. The molecule has 1 aliphatic carbocycles. The highest BCUT2D eigenvalue weighted by atomic mass is 16.5. The lowest BCUT2D eigenvalue weighted by atomic mass is 9.89. The molecule has 2 unspecified atom stereocenters. The van der Waals surface area contributed by atoms with Crippen LogP contribution in [0.5, 0.6) is 11.5 Å². The number of benzene rings is 1. The van der Waals surface area contributed by atoms with Crippen molar-refractivity contribution >= 4 is 29.4 Å². The van der Waals surface area contributed by atoms with E-state index in [0.29, 0.717) is 42.0 Å². The van der Waals surface area contributed by atoms with Crippen LogP contribution in [-0.2, 0) is 11.3 Å². The zero-order valence-corrected chi connectivity index (χ0v) is 21.4. The third kappa shape index (κ3) is 4.93. The number of fused-ring (bicyclic) bond motifs is 1. The maximum absolute atomic E-state index is 13.5. The average molecular weight is 495 g/mol. The highest BCUT2D eigenvalue weighted by molar-refractivity contribution is 6.05. The average Bonchev–Trinajstić information content (AvgIpc) is 2.91. The van der Waals surface area contributed by atoms with Gasteiger partial charge in [-0.15, -0.1) is 0 Å². The number of likely N-dealkylation sites (N-methyl/N-ethyl adjacent to an activating group) is 1. The van der Waals surface area contributed by atoms with E-state index in [1.54, 1.807) is 53.3 Å². The van der Waals surface area contributed by atoms with Crippen LogP contribution in [0.3, 0.4) is 0 Å². The Morgan fingerprint density at radius 1 is 1.22 bits per heavy atom. The van der Waals surface area contributed by atoms with Crippen molar-refractivity contribution in [2.45, 2.75) is 51.2 Å². The fraction of sp³-hybridized carbons (Fsp3) is 0.462. The second kappa shape index (κ2) is 10.8. The van der Waals surface area contributed by atoms with E-state index in [4.69, 9.17) is 14.5 Å². The van der Waals surface area contributed by atoms with E-state index in [9.17, 15) is 9.59 Å². The van der Waals surface area contributed by atoms with Crippen molar-refractivity contribution < 1.29 is 19.1 Å². The number of hydrogen-bond acceptors (Lipinski definition) is 7. The van der Waals surface area contributed by atoms with Gasteiger partial charge in [0.1, 0.15) is 17.3 Å². The summed E-state index contributed by atoms with van der Waals surface area (Å²) in [6.45, 7) is 6.30. The number of amides is 3. The van der Waals surface area contributed by atoms with E-state index in [1.165, 1.54) is 6.08 Å². The van der Waals surface area contributed by atoms with E-state index in [-0.39, 0.29) is 24.0 Å². The van der Waals surface area contributed by atoms with Crippen LogP contribution in [0.4, 0.5) is 22.2 Å². The quantitative estimate of drug-likeness (QED) is 0.557. The molecule has 10 nitrogen and oxygen atoms in total. The van der Waals surface area contributed by atoms with Gasteiger partial charge in [-0.2, -0.15) is 4.98 Å². The Morgan fingerprint density at radius 3 is 2.56 bits per heavy atom. The van der Waals surface area contributed by atoms with Crippen molar-refractivity contribution in [2.75, 3.05) is 42.9 Å². The Hall–Kier alpha value is -3.82. The molecule has 10 heteroatoms. The lowest BCUT2D eigenvalue weighted by molar-refractivity contribution is -0.127. The molecule has 0 radical (unpaired) electrons. The van der Waals surface area contributed by atoms with Gasteiger partial charge in [0.05, 0.1) is 32.5 Å². The molecule has 1 fully saturated rings. The van der Waals surface area contributed by atoms with Gasteiger partial charge >= 0.3 is 6.03 Å². The minimum absolute atomic E-state index is 0.0146. The summed E-state index contributed by atoms with van der Waals surface area (Å²) in [7, 11) is 4.96. The van der Waals surface area contributed by atoms with Gasteiger partial charge < -0.3 is 19.7 Å². The van der Waals surface area contributed by atoms with Gasteiger partial charge in [0, 0.05) is 49.6 Å². The van der Waals surface area contributed by atoms with Crippen LogP contribution in [0.15, 0.2) is 37.1 Å². The Kier molecular flexibility index (Phi) is 7.61. The highest BCUT2D eigenvalue weighted by Crippen LogP contribution is 2.35. The molecule has 1 N–H and O–H groups in total. The molecule has 0 bridgehead atoms. The fourth-order valence-electron chi connectivity index (χ4n) is 4.94. The third-order valence-electron chi connectivity index (χ3n) is 6.92. The number of hydrogen-bond donors (Lipinski definition) is 1. The van der Waals surface area contributed by atoms with Crippen LogP contribution in [0.1, 0.15) is 38.2 Å². The van der Waals surface area contributed by atoms with Crippen molar-refractivity contribution in [3.63, 3.8) is 0 Å². The van der Waals surface area contributed by atoms with Gasteiger partial charge in [0.25, 0.3) is 0 Å². The summed E-state index contributed by atoms with van der Waals surface area (Å²) in [5.41, 5.74) is 1.51. The second-order valence-corrected chi connectivity index (χ2v) is 8.98. The van der Waals surface area contributed by atoms with Crippen molar-refractivity contribution in [3.05, 3.63) is 42.6 Å². The molecule has 1 saturated carbocycles. The molecule has 4 rings (SSSR count). The van der Waals surface area contributed by atoms with Crippen LogP contribution in [0.2, 0.25) is 0 Å². The molecule has 0 saturated heterocycles. The highest BCUT2D eigenvalue weighted by Gasteiger charge is 2.34. The van der Waals surface area contributed by atoms with Gasteiger partial charge in [-0.05, 0) is 25.8 Å². The summed E-state index contributed by atoms with van der Waals surface area (Å²) in [5, 5.41) is 3.44. The number of carbonyl (C=O) groups is 2. The van der Waals surface area contributed by atoms with E-state index >= 15 is 0 Å². The second-order valence-electron chi connectivity index (χ2n) is 8.98. The minimum atomic E-state index is -0.184. The number of anilines is 3. The summed E-state index contributed by atoms with van der Waals surface area (Å²) in [6, 6.07) is 5.23. The zero-order valence-electron chi connectivity index (χ0n) is 21.4. The van der Waals surface area contributed by atoms with Crippen LogP contribution < -0.4 is 24.6 Å². The van der Waals surface area contributed by atoms with E-state index in [1.807, 2.05) is 14.0 Å². The predicted octanol–water partition coefficient (Wildman–Crippen LogP) is 3.83. The van der Waals surface area contributed by atoms with Crippen LogP contribution in [0, 0.1) is 0 Å². The first-order valence-corrected chi connectivity index (χ1v) is 12.2. The maximum Gasteiger partial charge on any atom is 0.330 e. The zero-order chi connectivity index (χ0) is 25.8. The van der Waals surface area contributed by atoms with Crippen molar-refractivity contribution in [2.24, 2.45) is 0 Å². The number of carbonyl (C=O) groups excluding carboxylic acids is 2. The summed E-state index contributed by atoms with van der Waals surface area (Å²) in [5.74, 6) is 2.14. The molecular weight excluding hydrogens is 460 g/mol. The molecule has 36 heavy (non-hydrogen) atoms. The molecular formula is C26H34N6O4. The summed E-state index contributed by atoms with van der Waals surface area (Å²) >= 11 is 0. The lowest BCUT2D eigenvalue weighted by Crippen LogP contribution is -2.49. The number of rotatable bonds is 8. The smallest absolute Gasteiger partial charge is 0.330 e. The van der Waals surface area contributed by atoms with Gasteiger partial charge in [0.2, 0.25) is 11.9 Å². The Balaban J connectivity index is 1.61. The van der Waals surface area contributed by atoms with Gasteiger partial charge in [-0.3, -0.25) is 14.6 Å². The van der Waals surface area contributed by atoms with Crippen molar-refractivity contribution in [1.82, 2.24) is 14.9 Å². The van der Waals surface area contributed by atoms with E-state index < -0.39 is 0 Å². The molecule has 2 aliphatic rings. The topological polar surface area (TPSA) is 100 Å². The number of nitrogens with zero attached hydrogens (tertiary/aromatic N) is 5. The summed E-state index contributed by atoms with van der Waals surface area (Å²) < 4.78 is 10.8. The standard InChI is InChI=1S/C26H34N6O4/c1-6-23(33)30(3)22-11-9-8-10-21(22)28-25-27-15-17-16-32(26(34)31(7-2)24(17)29-25)18-12-19(35-4)14-20(13-18)36-5/h6,12-15,21-22H,1,7-11,16H2,2-5H3,(H,27,28,29). The normalized spacial score (nSPS) is 19.4. The minimum Gasteiger partial charge on any atom is -0.497 e. The van der Waals surface area contributed by atoms with E-state index in [0.717, 1.165) is 31.2 Å². The van der Waals surface area contributed by atoms with Crippen molar-refractivity contribution in [3.8, 4) is 11.5 Å². The molecule has 2 atom stereocenters. The predicted molar refractivity (Wildman–Crippen MR) is 139 cm³/mol. The summed E-state index contributed by atoms with van der Waals surface area (Å²) in [4.78, 5) is 40.1. The summed E-state index contributed by atoms with van der Waals surface area (Å²) in [6.07, 6.45) is 7.04. The third-order valence-corrected chi connectivity index (χ3v) is 6.92. The van der Waals surface area contributed by atoms with Gasteiger partial charge in [-0.1, -0.05) is 19.4 Å². The molecule has 3 amide bonds. The number of nitrogens with one attached hydrogen (secondary N) is 1. The maximum atomic E-state index is 13.5. The molecule has 2 aromatic rings. The Bertz CT molecular complexity index is 1120. The van der Waals surface area contributed by atoms with Crippen LogP contribution in [-0.4, -0.2) is 66.7 Å². The molecule has 2 heterocycles. The fourth-order valence-corrected chi connectivity index (χ4v) is 4.94. The molecule has 1 aromatic heterocycles. The van der Waals surface area contributed by atoms with Gasteiger partial charge in [0.15, 0.2) is 0 Å². The van der Waals surface area contributed by atoms with Crippen LogP contribution in [0.25, 0.3) is 0 Å².